The van der Waals surface area contributed by atoms with Crippen molar-refractivity contribution in [3.63, 3.8) is 0 Å². The van der Waals surface area contributed by atoms with Crippen molar-refractivity contribution in [3.05, 3.63) is 70.9 Å². The van der Waals surface area contributed by atoms with Crippen LogP contribution in [0.2, 0.25) is 0 Å². The molecule has 1 heterocycles. The smallest absolute Gasteiger partial charge is 0.254 e. The summed E-state index contributed by atoms with van der Waals surface area (Å²) < 4.78 is 33.3. The molecule has 1 fully saturated rings. The van der Waals surface area contributed by atoms with Crippen molar-refractivity contribution in [2.75, 3.05) is 5.32 Å². The zero-order chi connectivity index (χ0) is 28.6. The van der Waals surface area contributed by atoms with E-state index in [0.717, 1.165) is 46.7 Å². The summed E-state index contributed by atoms with van der Waals surface area (Å²) in [6, 6.07) is 9.41. The molecule has 1 aliphatic carbocycles. The number of benzene rings is 2. The molecule has 0 aliphatic heterocycles. The molecule has 40 heavy (non-hydrogen) atoms. The molecular formula is C30H35F2N3O4S. The molecule has 1 aromatic heterocycles. The molecule has 214 valence electrons. The summed E-state index contributed by atoms with van der Waals surface area (Å²) in [4.78, 5) is 31.2. The maximum absolute atomic E-state index is 13.6. The van der Waals surface area contributed by atoms with Gasteiger partial charge in [0, 0.05) is 6.07 Å². The molecule has 0 saturated heterocycles. The number of aromatic nitrogens is 1. The number of amides is 2. The molecule has 1 saturated carbocycles. The average molecular weight is 572 g/mol. The van der Waals surface area contributed by atoms with Gasteiger partial charge in [0.25, 0.3) is 5.91 Å². The first kappa shape index (κ1) is 29.8. The molecule has 0 radical (unpaired) electrons. The fourth-order valence-electron chi connectivity index (χ4n) is 4.89. The van der Waals surface area contributed by atoms with Crippen LogP contribution in [0.3, 0.4) is 0 Å². The summed E-state index contributed by atoms with van der Waals surface area (Å²) in [5.74, 6) is -3.26. The molecule has 3 aromatic rings. The topological polar surface area (TPSA) is 101 Å². The Labute approximate surface area is 237 Å². The van der Waals surface area contributed by atoms with E-state index >= 15 is 0 Å². The van der Waals surface area contributed by atoms with Gasteiger partial charge in [-0.05, 0) is 55.0 Å². The molecule has 2 amide bonds. The van der Waals surface area contributed by atoms with Gasteiger partial charge in [-0.3, -0.25) is 9.59 Å². The standard InChI is InChI=1S/C30H35F2N3O4S/c1-3-9-25(34-29(38)26(36)20-14-21(31)16-22(32)15-20)28(37)35-30-33-18(2)27(40-30)24-13-8-7-10-19(24)17-39-23-11-5-4-6-12-23/h7-8,10,13-16,23,25-26,36H,3-6,9,11-12,17H2,1-2H3,(H,34,38)(H,33,35,37)/t25-,26+/m0/s1. The number of hydrogen-bond acceptors (Lipinski definition) is 6. The van der Waals surface area contributed by atoms with Crippen molar-refractivity contribution in [1.82, 2.24) is 10.3 Å². The lowest BCUT2D eigenvalue weighted by molar-refractivity contribution is -0.133. The third-order valence-electron chi connectivity index (χ3n) is 6.97. The summed E-state index contributed by atoms with van der Waals surface area (Å²) in [6.45, 7) is 4.23. The number of nitrogens with one attached hydrogen (secondary N) is 2. The van der Waals surface area contributed by atoms with Gasteiger partial charge in [0.2, 0.25) is 5.91 Å². The lowest BCUT2D eigenvalue weighted by Crippen LogP contribution is -2.45. The van der Waals surface area contributed by atoms with E-state index in [2.05, 4.69) is 15.6 Å². The number of hydrogen-bond donors (Lipinski definition) is 3. The molecule has 7 nitrogen and oxygen atoms in total. The Morgan fingerprint density at radius 2 is 1.80 bits per heavy atom. The monoisotopic (exact) mass is 571 g/mol. The average Bonchev–Trinajstić information content (AvgIpc) is 3.30. The number of ether oxygens (including phenoxy) is 1. The molecule has 1 aliphatic rings. The SMILES string of the molecule is CCC[C@H](NC(=O)[C@H](O)c1cc(F)cc(F)c1)C(=O)Nc1nc(C)c(-c2ccccc2COC2CCCCC2)s1. The van der Waals surface area contributed by atoms with Crippen molar-refractivity contribution < 1.29 is 28.2 Å². The Kier molecular flexibility index (Phi) is 10.4. The Morgan fingerprint density at radius 3 is 2.50 bits per heavy atom. The molecule has 0 spiro atoms. The van der Waals surface area contributed by atoms with E-state index in [0.29, 0.717) is 30.6 Å². The molecule has 3 N–H and O–H groups in total. The van der Waals surface area contributed by atoms with Gasteiger partial charge in [0.15, 0.2) is 11.2 Å². The van der Waals surface area contributed by atoms with Gasteiger partial charge < -0.3 is 20.5 Å². The molecule has 2 aromatic carbocycles. The van der Waals surface area contributed by atoms with Crippen LogP contribution in [-0.2, 0) is 20.9 Å². The molecule has 0 bridgehead atoms. The normalized spacial score (nSPS) is 15.4. The van der Waals surface area contributed by atoms with Crippen LogP contribution in [0.5, 0.6) is 0 Å². The van der Waals surface area contributed by atoms with E-state index < -0.39 is 35.6 Å². The number of aryl methyl sites for hydroxylation is 1. The van der Waals surface area contributed by atoms with Gasteiger partial charge in [0.1, 0.15) is 17.7 Å². The van der Waals surface area contributed by atoms with Crippen molar-refractivity contribution in [3.8, 4) is 10.4 Å². The van der Waals surface area contributed by atoms with E-state index in [1.54, 1.807) is 0 Å². The molecule has 2 atom stereocenters. The van der Waals surface area contributed by atoms with Gasteiger partial charge in [-0.15, -0.1) is 0 Å². The van der Waals surface area contributed by atoms with Crippen molar-refractivity contribution >= 4 is 28.3 Å². The zero-order valence-corrected chi connectivity index (χ0v) is 23.5. The Morgan fingerprint density at radius 1 is 1.10 bits per heavy atom. The number of rotatable bonds is 11. The van der Waals surface area contributed by atoms with Crippen LogP contribution in [0.15, 0.2) is 42.5 Å². The van der Waals surface area contributed by atoms with Gasteiger partial charge in [-0.1, -0.05) is 68.2 Å². The van der Waals surface area contributed by atoms with E-state index in [1.165, 1.54) is 30.6 Å². The third-order valence-corrected chi connectivity index (χ3v) is 8.08. The van der Waals surface area contributed by atoms with Crippen LogP contribution in [0.4, 0.5) is 13.9 Å². The Bertz CT molecular complexity index is 1310. The second-order valence-corrected chi connectivity index (χ2v) is 11.1. The zero-order valence-electron chi connectivity index (χ0n) is 22.7. The highest BCUT2D eigenvalue weighted by Gasteiger charge is 2.27. The number of thiazole rings is 1. The minimum Gasteiger partial charge on any atom is -0.378 e. The first-order valence-electron chi connectivity index (χ1n) is 13.7. The Balaban J connectivity index is 1.44. The second-order valence-electron chi connectivity index (χ2n) is 10.1. The quantitative estimate of drug-likeness (QED) is 0.254. The molecule has 0 unspecified atom stereocenters. The first-order chi connectivity index (χ1) is 19.2. The highest BCUT2D eigenvalue weighted by Crippen LogP contribution is 2.35. The Hall–Kier alpha value is -3.21. The predicted molar refractivity (Wildman–Crippen MR) is 151 cm³/mol. The number of aliphatic hydroxyl groups is 1. The van der Waals surface area contributed by atoms with Crippen LogP contribution in [0.1, 0.15) is 74.8 Å². The second kappa shape index (κ2) is 13.9. The maximum Gasteiger partial charge on any atom is 0.254 e. The molecule has 10 heteroatoms. The third kappa shape index (κ3) is 7.71. The first-order valence-corrected chi connectivity index (χ1v) is 14.5. The fraction of sp³-hybridized carbons (Fsp3) is 0.433. The maximum atomic E-state index is 13.6. The molecule has 4 rings (SSSR count). The summed E-state index contributed by atoms with van der Waals surface area (Å²) in [5, 5.41) is 16.0. The van der Waals surface area contributed by atoms with Gasteiger partial charge in [0.05, 0.1) is 23.3 Å². The van der Waals surface area contributed by atoms with E-state index in [1.807, 2.05) is 38.1 Å². The summed E-state index contributed by atoms with van der Waals surface area (Å²) in [7, 11) is 0. The van der Waals surface area contributed by atoms with Crippen molar-refractivity contribution in [1.29, 1.82) is 0 Å². The van der Waals surface area contributed by atoms with Crippen LogP contribution < -0.4 is 10.6 Å². The predicted octanol–water partition coefficient (Wildman–Crippen LogP) is 6.20. The summed E-state index contributed by atoms with van der Waals surface area (Å²) >= 11 is 1.33. The number of anilines is 1. The van der Waals surface area contributed by atoms with E-state index in [4.69, 9.17) is 4.74 Å². The highest BCUT2D eigenvalue weighted by molar-refractivity contribution is 7.19. The van der Waals surface area contributed by atoms with Crippen molar-refractivity contribution in [2.24, 2.45) is 0 Å². The van der Waals surface area contributed by atoms with Crippen LogP contribution in [-0.4, -0.2) is 34.1 Å². The van der Waals surface area contributed by atoms with E-state index in [-0.39, 0.29) is 11.7 Å². The highest BCUT2D eigenvalue weighted by atomic mass is 32.1. The van der Waals surface area contributed by atoms with Crippen LogP contribution in [0.25, 0.3) is 10.4 Å². The number of aliphatic hydroxyl groups excluding tert-OH is 1. The van der Waals surface area contributed by atoms with Gasteiger partial charge in [-0.2, -0.15) is 0 Å². The summed E-state index contributed by atoms with van der Waals surface area (Å²) in [5.41, 5.74) is 2.57. The van der Waals surface area contributed by atoms with Gasteiger partial charge >= 0.3 is 0 Å². The largest absolute Gasteiger partial charge is 0.378 e. The molecular weight excluding hydrogens is 536 g/mol. The minimum atomic E-state index is -1.83. The lowest BCUT2D eigenvalue weighted by Gasteiger charge is -2.22. The lowest BCUT2D eigenvalue weighted by atomic mass is 9.97. The number of halogens is 2. The van der Waals surface area contributed by atoms with Crippen molar-refractivity contribution in [2.45, 2.75) is 83.6 Å². The van der Waals surface area contributed by atoms with Crippen LogP contribution >= 0.6 is 11.3 Å². The number of carbonyl (C=O) groups is 2. The number of nitrogens with zero attached hydrogens (tertiary/aromatic N) is 1. The number of carbonyl (C=O) groups excluding carboxylic acids is 2. The van der Waals surface area contributed by atoms with E-state index in [9.17, 15) is 23.5 Å². The van der Waals surface area contributed by atoms with Crippen LogP contribution in [0, 0.1) is 18.6 Å². The minimum absolute atomic E-state index is 0.239. The van der Waals surface area contributed by atoms with Gasteiger partial charge in [-0.25, -0.2) is 13.8 Å². The fourth-order valence-corrected chi connectivity index (χ4v) is 5.92. The summed E-state index contributed by atoms with van der Waals surface area (Å²) in [6.07, 6.45) is 5.15.